The van der Waals surface area contributed by atoms with Gasteiger partial charge in [0, 0.05) is 10.9 Å². The molecule has 2 rings (SSSR count). The van der Waals surface area contributed by atoms with Crippen LogP contribution in [-0.4, -0.2) is 15.4 Å². The average Bonchev–Trinajstić information content (AvgIpc) is 2.49. The van der Waals surface area contributed by atoms with Crippen molar-refractivity contribution in [3.8, 4) is 5.75 Å². The summed E-state index contributed by atoms with van der Waals surface area (Å²) in [5.41, 5.74) is 0.992. The molecule has 0 fully saturated rings. The summed E-state index contributed by atoms with van der Waals surface area (Å²) in [7, 11) is 0. The molecule has 0 saturated heterocycles. The molecule has 0 saturated carbocycles. The van der Waals surface area contributed by atoms with Crippen molar-refractivity contribution in [3.05, 3.63) is 22.2 Å². The summed E-state index contributed by atoms with van der Waals surface area (Å²) >= 11 is 1.31. The van der Waals surface area contributed by atoms with E-state index >= 15 is 0 Å². The number of ether oxygens (including phenoxy) is 1. The highest BCUT2D eigenvalue weighted by molar-refractivity contribution is 9.10. The van der Waals surface area contributed by atoms with Crippen LogP contribution in [0.2, 0.25) is 0 Å². The van der Waals surface area contributed by atoms with Crippen LogP contribution >= 0.6 is 15.9 Å². The van der Waals surface area contributed by atoms with Crippen LogP contribution in [-0.2, 0) is 17.5 Å². The number of halogens is 1. The summed E-state index contributed by atoms with van der Waals surface area (Å²) in [6, 6.07) is 3.53. The van der Waals surface area contributed by atoms with Crippen molar-refractivity contribution in [2.75, 3.05) is 6.61 Å². The van der Waals surface area contributed by atoms with E-state index in [2.05, 4.69) is 15.9 Å². The summed E-state index contributed by atoms with van der Waals surface area (Å²) in [5.74, 6) is 0.573. The fraction of sp³-hybridized carbons (Fsp3) is 0.250. The molecule has 13 heavy (non-hydrogen) atoms. The molecule has 1 N–H and O–H groups in total. The van der Waals surface area contributed by atoms with Gasteiger partial charge in [-0.05, 0) is 17.7 Å². The van der Waals surface area contributed by atoms with E-state index in [9.17, 15) is 4.21 Å². The fourth-order valence-electron chi connectivity index (χ4n) is 1.36. The van der Waals surface area contributed by atoms with Crippen molar-refractivity contribution in [3.63, 3.8) is 0 Å². The molecule has 0 radical (unpaired) electrons. The minimum atomic E-state index is -1.98. The van der Waals surface area contributed by atoms with Crippen molar-refractivity contribution in [2.45, 2.75) is 11.3 Å². The van der Waals surface area contributed by atoms with Crippen molar-refractivity contribution < 1.29 is 13.5 Å². The van der Waals surface area contributed by atoms with Crippen molar-refractivity contribution in [1.29, 1.82) is 0 Å². The van der Waals surface area contributed by atoms with Crippen LogP contribution in [0.25, 0.3) is 0 Å². The van der Waals surface area contributed by atoms with Crippen LogP contribution in [0.5, 0.6) is 5.75 Å². The van der Waals surface area contributed by atoms with Gasteiger partial charge < -0.3 is 9.29 Å². The molecule has 1 unspecified atom stereocenters. The molecule has 1 aromatic rings. The van der Waals surface area contributed by atoms with Crippen LogP contribution < -0.4 is 4.74 Å². The number of fused-ring (bicyclic) bond motifs is 1. The first-order valence-corrected chi connectivity index (χ1v) is 5.64. The molecule has 0 bridgehead atoms. The lowest BCUT2D eigenvalue weighted by atomic mass is 10.2. The van der Waals surface area contributed by atoms with Gasteiger partial charge in [-0.1, -0.05) is 15.9 Å². The van der Waals surface area contributed by atoms with Crippen LogP contribution in [0.1, 0.15) is 5.56 Å². The minimum absolute atomic E-state index is 0.349. The summed E-state index contributed by atoms with van der Waals surface area (Å²) in [4.78, 5) is 0.349. The summed E-state index contributed by atoms with van der Waals surface area (Å²) in [6.45, 7) is 0.593. The highest BCUT2D eigenvalue weighted by Crippen LogP contribution is 2.34. The lowest BCUT2D eigenvalue weighted by Crippen LogP contribution is -1.94. The normalized spacial score (nSPS) is 16.5. The Bertz CT molecular complexity index is 378. The van der Waals surface area contributed by atoms with E-state index in [4.69, 9.17) is 9.29 Å². The predicted molar refractivity (Wildman–Crippen MR) is 52.4 cm³/mol. The van der Waals surface area contributed by atoms with E-state index in [1.165, 1.54) is 0 Å². The Morgan fingerprint density at radius 1 is 1.54 bits per heavy atom. The molecule has 1 aliphatic rings. The van der Waals surface area contributed by atoms with Gasteiger partial charge in [-0.3, -0.25) is 0 Å². The smallest absolute Gasteiger partial charge is 0.190 e. The third kappa shape index (κ3) is 1.63. The Kier molecular flexibility index (Phi) is 2.40. The molecule has 0 aromatic heterocycles. The quantitative estimate of drug-likeness (QED) is 0.788. The van der Waals surface area contributed by atoms with E-state index in [1.54, 1.807) is 6.07 Å². The number of benzene rings is 1. The molecule has 0 aliphatic carbocycles. The van der Waals surface area contributed by atoms with Gasteiger partial charge in [0.05, 0.1) is 6.61 Å². The molecule has 3 nitrogen and oxygen atoms in total. The minimum Gasteiger partial charge on any atom is -0.492 e. The maximum Gasteiger partial charge on any atom is 0.190 e. The molecule has 0 amide bonds. The molecule has 1 heterocycles. The summed E-state index contributed by atoms with van der Waals surface area (Å²) < 4.78 is 26.0. The first kappa shape index (κ1) is 9.18. The zero-order chi connectivity index (χ0) is 9.42. The van der Waals surface area contributed by atoms with E-state index in [-0.39, 0.29) is 0 Å². The molecule has 1 aliphatic heterocycles. The van der Waals surface area contributed by atoms with Crippen molar-refractivity contribution in [1.82, 2.24) is 0 Å². The second-order valence-corrected chi connectivity index (χ2v) is 4.59. The molecule has 1 atom stereocenters. The SMILES string of the molecule is O=S(O)c1cc(Br)cc2c1OCC2. The number of hydrogen-bond donors (Lipinski definition) is 1. The second-order valence-electron chi connectivity index (χ2n) is 2.74. The molecular weight excluding hydrogens is 256 g/mol. The monoisotopic (exact) mass is 262 g/mol. The summed E-state index contributed by atoms with van der Waals surface area (Å²) in [5, 5.41) is 0. The summed E-state index contributed by atoms with van der Waals surface area (Å²) in [6.07, 6.45) is 0.805. The highest BCUT2D eigenvalue weighted by atomic mass is 79.9. The Labute approximate surface area is 86.5 Å². The number of hydrogen-bond acceptors (Lipinski definition) is 2. The first-order valence-electron chi connectivity index (χ1n) is 3.74. The Morgan fingerprint density at radius 3 is 3.00 bits per heavy atom. The lowest BCUT2D eigenvalue weighted by Gasteiger charge is -2.04. The maximum absolute atomic E-state index is 10.9. The van der Waals surface area contributed by atoms with Crippen molar-refractivity contribution >= 4 is 27.0 Å². The van der Waals surface area contributed by atoms with E-state index in [0.717, 1.165) is 16.5 Å². The largest absolute Gasteiger partial charge is 0.492 e. The highest BCUT2D eigenvalue weighted by Gasteiger charge is 2.20. The fourth-order valence-corrected chi connectivity index (χ4v) is 2.60. The predicted octanol–water partition coefficient (Wildman–Crippen LogP) is 1.96. The second kappa shape index (κ2) is 3.40. The standard InChI is InChI=1S/C8H7BrO3S/c9-6-3-5-1-2-12-8(5)7(4-6)13(10)11/h3-4H,1-2H2,(H,10,11). The van der Waals surface area contributed by atoms with Gasteiger partial charge in [-0.15, -0.1) is 0 Å². The van der Waals surface area contributed by atoms with Crippen LogP contribution in [0.3, 0.4) is 0 Å². The van der Waals surface area contributed by atoms with Gasteiger partial charge in [0.25, 0.3) is 0 Å². The van der Waals surface area contributed by atoms with Gasteiger partial charge in [0.2, 0.25) is 0 Å². The molecule has 5 heteroatoms. The molecule has 1 aromatic carbocycles. The van der Waals surface area contributed by atoms with Gasteiger partial charge in [-0.25, -0.2) is 4.21 Å². The third-order valence-corrected chi connectivity index (χ3v) is 3.04. The molecule has 0 spiro atoms. The Balaban J connectivity index is 2.62. The maximum atomic E-state index is 10.9. The van der Waals surface area contributed by atoms with Crippen LogP contribution in [0.4, 0.5) is 0 Å². The lowest BCUT2D eigenvalue weighted by molar-refractivity contribution is 0.348. The van der Waals surface area contributed by atoms with Crippen LogP contribution in [0, 0.1) is 0 Å². The van der Waals surface area contributed by atoms with E-state index in [0.29, 0.717) is 17.3 Å². The van der Waals surface area contributed by atoms with Gasteiger partial charge in [-0.2, -0.15) is 0 Å². The zero-order valence-electron chi connectivity index (χ0n) is 6.62. The molecule has 70 valence electrons. The van der Waals surface area contributed by atoms with Gasteiger partial charge in [0.15, 0.2) is 11.1 Å². The number of rotatable bonds is 1. The van der Waals surface area contributed by atoms with Crippen molar-refractivity contribution in [2.24, 2.45) is 0 Å². The topological polar surface area (TPSA) is 46.5 Å². The first-order chi connectivity index (χ1) is 6.18. The van der Waals surface area contributed by atoms with Gasteiger partial charge >= 0.3 is 0 Å². The Hall–Kier alpha value is -0.390. The third-order valence-electron chi connectivity index (χ3n) is 1.90. The van der Waals surface area contributed by atoms with Gasteiger partial charge in [0.1, 0.15) is 10.6 Å². The van der Waals surface area contributed by atoms with E-state index in [1.807, 2.05) is 6.07 Å². The Morgan fingerprint density at radius 2 is 2.31 bits per heavy atom. The average molecular weight is 263 g/mol. The van der Waals surface area contributed by atoms with E-state index < -0.39 is 11.1 Å². The molecular formula is C8H7BrO3S. The zero-order valence-corrected chi connectivity index (χ0v) is 9.02. The van der Waals surface area contributed by atoms with Crippen LogP contribution in [0.15, 0.2) is 21.5 Å².